The van der Waals surface area contributed by atoms with Gasteiger partial charge in [-0.3, -0.25) is 4.79 Å². The number of piperazine rings is 1. The number of carbonyl (C=O) groups is 1. The van der Waals surface area contributed by atoms with Crippen LogP contribution in [0, 0.1) is 6.92 Å². The molecule has 2 aromatic heterocycles. The largest absolute Gasteiger partial charge is 0.351 e. The van der Waals surface area contributed by atoms with Gasteiger partial charge in [0.15, 0.2) is 10.8 Å². The van der Waals surface area contributed by atoms with Gasteiger partial charge >= 0.3 is 0 Å². The molecule has 1 aliphatic heterocycles. The van der Waals surface area contributed by atoms with E-state index in [1.54, 1.807) is 18.5 Å². The normalized spacial score (nSPS) is 15.4. The van der Waals surface area contributed by atoms with Crippen LogP contribution in [0.2, 0.25) is 0 Å². The lowest BCUT2D eigenvalue weighted by Gasteiger charge is -2.27. The van der Waals surface area contributed by atoms with Gasteiger partial charge in [-0.05, 0) is 26.0 Å². The molecule has 0 bridgehead atoms. The summed E-state index contributed by atoms with van der Waals surface area (Å²) in [5, 5.41) is 7.01. The molecule has 8 heteroatoms. The van der Waals surface area contributed by atoms with E-state index in [0.717, 1.165) is 44.8 Å². The minimum absolute atomic E-state index is 0.0625. The van der Waals surface area contributed by atoms with Crippen molar-refractivity contribution in [3.05, 3.63) is 29.0 Å². The summed E-state index contributed by atoms with van der Waals surface area (Å²) in [5.41, 5.74) is 0.724. The van der Waals surface area contributed by atoms with Gasteiger partial charge in [-0.2, -0.15) is 0 Å². The molecule has 128 valence electrons. The number of carbonyl (C=O) groups excluding carboxylic acids is 1. The number of thiazole rings is 1. The van der Waals surface area contributed by atoms with Crippen molar-refractivity contribution >= 4 is 17.2 Å². The summed E-state index contributed by atoms with van der Waals surface area (Å²) < 4.78 is 0. The Labute approximate surface area is 145 Å². The van der Waals surface area contributed by atoms with E-state index in [9.17, 15) is 4.79 Å². The number of nitrogens with zero attached hydrogens (tertiary/aromatic N) is 4. The van der Waals surface area contributed by atoms with Crippen molar-refractivity contribution in [3.8, 4) is 10.8 Å². The van der Waals surface area contributed by atoms with Crippen LogP contribution in [0.15, 0.2) is 18.5 Å². The topological polar surface area (TPSA) is 83.0 Å². The monoisotopic (exact) mass is 346 g/mol. The molecule has 0 spiro atoms. The van der Waals surface area contributed by atoms with E-state index in [2.05, 4.69) is 30.5 Å². The third-order valence-electron chi connectivity index (χ3n) is 3.91. The molecule has 0 atom stereocenters. The highest BCUT2D eigenvalue weighted by molar-refractivity contribution is 7.17. The number of hydrogen-bond donors (Lipinski definition) is 2. The Hall–Kier alpha value is -1.90. The van der Waals surface area contributed by atoms with Crippen LogP contribution in [-0.2, 0) is 0 Å². The van der Waals surface area contributed by atoms with Crippen LogP contribution < -0.4 is 10.6 Å². The van der Waals surface area contributed by atoms with Crippen molar-refractivity contribution in [2.45, 2.75) is 13.3 Å². The quantitative estimate of drug-likeness (QED) is 0.757. The van der Waals surface area contributed by atoms with Crippen LogP contribution >= 0.6 is 11.3 Å². The van der Waals surface area contributed by atoms with Crippen LogP contribution in [0.5, 0.6) is 0 Å². The molecule has 0 unspecified atom stereocenters. The molecule has 24 heavy (non-hydrogen) atoms. The Morgan fingerprint density at radius 2 is 2.08 bits per heavy atom. The van der Waals surface area contributed by atoms with Gasteiger partial charge in [0.2, 0.25) is 0 Å². The maximum Gasteiger partial charge on any atom is 0.263 e. The fraction of sp³-hybridized carbons (Fsp3) is 0.500. The Morgan fingerprint density at radius 1 is 1.33 bits per heavy atom. The number of rotatable bonds is 6. The summed E-state index contributed by atoms with van der Waals surface area (Å²) >= 11 is 1.34. The smallest absolute Gasteiger partial charge is 0.263 e. The summed E-state index contributed by atoms with van der Waals surface area (Å²) in [7, 11) is 0. The highest BCUT2D eigenvalue weighted by atomic mass is 32.1. The lowest BCUT2D eigenvalue weighted by atomic mass is 10.3. The van der Waals surface area contributed by atoms with E-state index < -0.39 is 0 Å². The zero-order chi connectivity index (χ0) is 16.8. The van der Waals surface area contributed by atoms with Gasteiger partial charge in [-0.15, -0.1) is 11.3 Å². The number of aromatic nitrogens is 3. The maximum absolute atomic E-state index is 12.4. The molecule has 1 fully saturated rings. The maximum atomic E-state index is 12.4. The predicted molar refractivity (Wildman–Crippen MR) is 94.1 cm³/mol. The molecule has 3 heterocycles. The first kappa shape index (κ1) is 16.9. The van der Waals surface area contributed by atoms with Crippen LogP contribution in [0.25, 0.3) is 10.8 Å². The van der Waals surface area contributed by atoms with Gasteiger partial charge in [0.25, 0.3) is 5.91 Å². The van der Waals surface area contributed by atoms with E-state index in [0.29, 0.717) is 22.3 Å². The predicted octanol–water partition coefficient (Wildman–Crippen LogP) is 0.934. The fourth-order valence-electron chi connectivity index (χ4n) is 2.63. The Morgan fingerprint density at radius 3 is 2.83 bits per heavy atom. The Kier molecular flexibility index (Phi) is 5.84. The van der Waals surface area contributed by atoms with Crippen molar-refractivity contribution in [1.82, 2.24) is 30.5 Å². The van der Waals surface area contributed by atoms with Gasteiger partial charge in [0.05, 0.1) is 5.69 Å². The summed E-state index contributed by atoms with van der Waals surface area (Å²) in [6.45, 7) is 7.82. The van der Waals surface area contributed by atoms with E-state index in [-0.39, 0.29) is 5.91 Å². The Bertz CT molecular complexity index is 668. The number of hydrogen-bond acceptors (Lipinski definition) is 7. The lowest BCUT2D eigenvalue weighted by Crippen LogP contribution is -2.44. The van der Waals surface area contributed by atoms with Crippen LogP contribution in [-0.4, -0.2) is 65.0 Å². The molecule has 0 aliphatic carbocycles. The molecule has 0 radical (unpaired) electrons. The minimum atomic E-state index is -0.0625. The Balaban J connectivity index is 1.51. The average Bonchev–Trinajstić information content (AvgIpc) is 3.02. The second-order valence-corrected chi connectivity index (χ2v) is 6.71. The summed E-state index contributed by atoms with van der Waals surface area (Å²) in [4.78, 5) is 28.2. The second-order valence-electron chi connectivity index (χ2n) is 5.71. The van der Waals surface area contributed by atoms with Gasteiger partial charge < -0.3 is 15.5 Å². The molecular weight excluding hydrogens is 324 g/mol. The van der Waals surface area contributed by atoms with Crippen LogP contribution in [0.3, 0.4) is 0 Å². The van der Waals surface area contributed by atoms with E-state index >= 15 is 0 Å². The molecule has 1 aliphatic rings. The standard InChI is InChI=1S/C16H22N6OS/c1-12-13(24-16(21-12)14-18-4-2-5-19-14)15(23)20-6-3-9-22-10-7-17-8-11-22/h2,4-5,17H,3,6-11H2,1H3,(H,20,23). The zero-order valence-electron chi connectivity index (χ0n) is 13.8. The molecule has 0 saturated carbocycles. The van der Waals surface area contributed by atoms with E-state index in [4.69, 9.17) is 0 Å². The van der Waals surface area contributed by atoms with Crippen LogP contribution in [0.1, 0.15) is 21.8 Å². The zero-order valence-corrected chi connectivity index (χ0v) is 14.6. The number of nitrogens with one attached hydrogen (secondary N) is 2. The first-order valence-corrected chi connectivity index (χ1v) is 9.02. The van der Waals surface area contributed by atoms with E-state index in [1.165, 1.54) is 11.3 Å². The molecule has 2 N–H and O–H groups in total. The van der Waals surface area contributed by atoms with Crippen molar-refractivity contribution in [2.75, 3.05) is 39.3 Å². The van der Waals surface area contributed by atoms with Gasteiger partial charge in [-0.1, -0.05) is 0 Å². The average molecular weight is 346 g/mol. The van der Waals surface area contributed by atoms with Crippen LogP contribution in [0.4, 0.5) is 0 Å². The summed E-state index contributed by atoms with van der Waals surface area (Å²) in [6, 6.07) is 1.76. The van der Waals surface area contributed by atoms with Crippen molar-refractivity contribution in [3.63, 3.8) is 0 Å². The first-order valence-electron chi connectivity index (χ1n) is 8.20. The molecule has 1 saturated heterocycles. The van der Waals surface area contributed by atoms with Gasteiger partial charge in [0.1, 0.15) is 4.88 Å². The van der Waals surface area contributed by atoms with Crippen molar-refractivity contribution in [2.24, 2.45) is 0 Å². The summed E-state index contributed by atoms with van der Waals surface area (Å²) in [6.07, 6.45) is 4.31. The SMILES string of the molecule is Cc1nc(-c2ncccn2)sc1C(=O)NCCCN1CCNCC1. The summed E-state index contributed by atoms with van der Waals surface area (Å²) in [5.74, 6) is 0.496. The molecular formula is C16H22N6OS. The number of amides is 1. The number of aryl methyl sites for hydroxylation is 1. The third-order valence-corrected chi connectivity index (χ3v) is 5.06. The molecule has 0 aromatic carbocycles. The van der Waals surface area contributed by atoms with Gasteiger partial charge in [-0.25, -0.2) is 15.0 Å². The third kappa shape index (κ3) is 4.34. The van der Waals surface area contributed by atoms with Crippen molar-refractivity contribution < 1.29 is 4.79 Å². The fourth-order valence-corrected chi connectivity index (χ4v) is 3.56. The molecule has 2 aromatic rings. The first-order chi connectivity index (χ1) is 11.7. The van der Waals surface area contributed by atoms with E-state index in [1.807, 2.05) is 6.92 Å². The highest BCUT2D eigenvalue weighted by Gasteiger charge is 2.17. The molecule has 7 nitrogen and oxygen atoms in total. The highest BCUT2D eigenvalue weighted by Crippen LogP contribution is 2.24. The van der Waals surface area contributed by atoms with Gasteiger partial charge in [0, 0.05) is 45.1 Å². The van der Waals surface area contributed by atoms with Crippen molar-refractivity contribution in [1.29, 1.82) is 0 Å². The molecule has 1 amide bonds. The lowest BCUT2D eigenvalue weighted by molar-refractivity contribution is 0.0954. The molecule has 3 rings (SSSR count). The minimum Gasteiger partial charge on any atom is -0.351 e. The second kappa shape index (κ2) is 8.27.